The smallest absolute Gasteiger partial charge is 0.147 e. The second kappa shape index (κ2) is 5.02. The van der Waals surface area contributed by atoms with Crippen molar-refractivity contribution in [2.45, 2.75) is 25.3 Å². The molecule has 1 fully saturated rings. The van der Waals surface area contributed by atoms with Gasteiger partial charge in [-0.2, -0.15) is 0 Å². The minimum Gasteiger partial charge on any atom is -0.355 e. The number of hydrogen-bond acceptors (Lipinski definition) is 4. The normalized spacial score (nSPS) is 22.8. The van der Waals surface area contributed by atoms with Gasteiger partial charge in [-0.25, -0.2) is 9.37 Å². The summed E-state index contributed by atoms with van der Waals surface area (Å²) >= 11 is 0. The van der Waals surface area contributed by atoms with E-state index < -0.39 is 0 Å². The predicted octanol–water partition coefficient (Wildman–Crippen LogP) is 2.46. The molecule has 5 heteroatoms. The van der Waals surface area contributed by atoms with Crippen molar-refractivity contribution in [1.82, 2.24) is 9.97 Å². The maximum Gasteiger partial charge on any atom is 0.147 e. The molecule has 1 aliphatic heterocycles. The van der Waals surface area contributed by atoms with Crippen LogP contribution in [-0.4, -0.2) is 23.1 Å². The van der Waals surface area contributed by atoms with Gasteiger partial charge in [0.1, 0.15) is 11.6 Å². The van der Waals surface area contributed by atoms with E-state index in [1.165, 1.54) is 0 Å². The molecule has 1 aromatic heterocycles. The van der Waals surface area contributed by atoms with Crippen LogP contribution in [0.25, 0.3) is 0 Å². The second-order valence-electron chi connectivity index (χ2n) is 6.38. The van der Waals surface area contributed by atoms with Gasteiger partial charge in [0.05, 0.1) is 6.20 Å². The third-order valence-electron chi connectivity index (χ3n) is 5.31. The summed E-state index contributed by atoms with van der Waals surface area (Å²) in [5.74, 6) is 0.800. The van der Waals surface area contributed by atoms with Gasteiger partial charge in [0, 0.05) is 31.5 Å². The lowest BCUT2D eigenvalue weighted by atomic mass is 9.73. The average molecular weight is 298 g/mol. The van der Waals surface area contributed by atoms with E-state index in [1.807, 2.05) is 6.07 Å². The summed E-state index contributed by atoms with van der Waals surface area (Å²) in [7, 11) is 0. The van der Waals surface area contributed by atoms with E-state index >= 15 is 0 Å². The number of benzene rings is 1. The molecule has 0 radical (unpaired) electrons. The van der Waals surface area contributed by atoms with Gasteiger partial charge in [-0.3, -0.25) is 4.98 Å². The quantitative estimate of drug-likeness (QED) is 0.878. The summed E-state index contributed by atoms with van der Waals surface area (Å²) in [5, 5.41) is 0. The minimum atomic E-state index is -0.110. The topological polar surface area (TPSA) is 55.0 Å². The predicted molar refractivity (Wildman–Crippen MR) is 82.9 cm³/mol. The van der Waals surface area contributed by atoms with Crippen molar-refractivity contribution in [3.05, 3.63) is 53.7 Å². The fourth-order valence-electron chi connectivity index (χ4n) is 3.97. The van der Waals surface area contributed by atoms with Crippen LogP contribution >= 0.6 is 0 Å². The van der Waals surface area contributed by atoms with Crippen LogP contribution in [0.3, 0.4) is 0 Å². The van der Waals surface area contributed by atoms with Crippen LogP contribution in [0.2, 0.25) is 0 Å². The molecule has 2 heterocycles. The first-order valence-electron chi connectivity index (χ1n) is 7.73. The lowest BCUT2D eigenvalue weighted by molar-refractivity contribution is 0.186. The zero-order valence-electron chi connectivity index (χ0n) is 12.4. The van der Waals surface area contributed by atoms with Crippen molar-refractivity contribution in [2.75, 3.05) is 18.0 Å². The molecule has 1 atom stereocenters. The van der Waals surface area contributed by atoms with Crippen molar-refractivity contribution >= 4 is 5.82 Å². The Kier molecular flexibility index (Phi) is 3.11. The molecule has 0 amide bonds. The molecule has 22 heavy (non-hydrogen) atoms. The largest absolute Gasteiger partial charge is 0.355 e. The highest BCUT2D eigenvalue weighted by Gasteiger charge is 2.46. The first-order chi connectivity index (χ1) is 10.7. The zero-order valence-corrected chi connectivity index (χ0v) is 12.4. The Labute approximate surface area is 129 Å². The second-order valence-corrected chi connectivity index (χ2v) is 6.38. The number of anilines is 1. The highest BCUT2D eigenvalue weighted by molar-refractivity contribution is 5.41. The SMILES string of the molecule is NC1c2cccc(F)c2CC12CCN(c1cnccn1)CC2. The van der Waals surface area contributed by atoms with Gasteiger partial charge in [-0.05, 0) is 41.9 Å². The van der Waals surface area contributed by atoms with Gasteiger partial charge >= 0.3 is 0 Å². The summed E-state index contributed by atoms with van der Waals surface area (Å²) in [6.45, 7) is 1.78. The number of rotatable bonds is 1. The summed E-state index contributed by atoms with van der Waals surface area (Å²) < 4.78 is 14.1. The maximum atomic E-state index is 14.1. The number of piperidine rings is 1. The minimum absolute atomic E-state index is 0.0107. The summed E-state index contributed by atoms with van der Waals surface area (Å²) in [4.78, 5) is 10.7. The van der Waals surface area contributed by atoms with Gasteiger partial charge in [0.25, 0.3) is 0 Å². The number of nitrogens with two attached hydrogens (primary N) is 1. The average Bonchev–Trinajstić information content (AvgIpc) is 2.84. The molecule has 4 rings (SSSR count). The molecule has 1 spiro atoms. The first-order valence-corrected chi connectivity index (χ1v) is 7.73. The summed E-state index contributed by atoms with van der Waals surface area (Å²) in [6.07, 6.45) is 7.86. The van der Waals surface area contributed by atoms with E-state index in [4.69, 9.17) is 5.73 Å². The number of hydrogen-bond donors (Lipinski definition) is 1. The van der Waals surface area contributed by atoms with E-state index in [9.17, 15) is 4.39 Å². The number of halogens is 1. The van der Waals surface area contributed by atoms with Gasteiger partial charge in [0.2, 0.25) is 0 Å². The van der Waals surface area contributed by atoms with E-state index in [1.54, 1.807) is 30.7 Å². The van der Waals surface area contributed by atoms with E-state index in [0.29, 0.717) is 0 Å². The fourth-order valence-corrected chi connectivity index (χ4v) is 3.97. The zero-order chi connectivity index (χ0) is 15.2. The Morgan fingerprint density at radius 2 is 2.05 bits per heavy atom. The van der Waals surface area contributed by atoms with Gasteiger partial charge in [-0.1, -0.05) is 12.1 Å². The van der Waals surface area contributed by atoms with Crippen molar-refractivity contribution < 1.29 is 4.39 Å². The third-order valence-corrected chi connectivity index (χ3v) is 5.31. The van der Waals surface area contributed by atoms with Crippen LogP contribution in [0.1, 0.15) is 30.0 Å². The molecule has 4 nitrogen and oxygen atoms in total. The molecule has 114 valence electrons. The Balaban J connectivity index is 1.56. The Bertz CT molecular complexity index is 680. The fraction of sp³-hybridized carbons (Fsp3) is 0.412. The Hall–Kier alpha value is -2.01. The molecule has 1 aliphatic carbocycles. The lowest BCUT2D eigenvalue weighted by Crippen LogP contribution is -2.44. The van der Waals surface area contributed by atoms with Gasteiger partial charge in [0.15, 0.2) is 0 Å². The summed E-state index contributed by atoms with van der Waals surface area (Å²) in [5.41, 5.74) is 8.30. The van der Waals surface area contributed by atoms with Crippen LogP contribution in [0.15, 0.2) is 36.8 Å². The number of fused-ring (bicyclic) bond motifs is 1. The molecule has 2 N–H and O–H groups in total. The van der Waals surface area contributed by atoms with Crippen LogP contribution in [0.5, 0.6) is 0 Å². The number of nitrogens with zero attached hydrogens (tertiary/aromatic N) is 3. The van der Waals surface area contributed by atoms with Gasteiger partial charge < -0.3 is 10.6 Å². The summed E-state index contributed by atoms with van der Waals surface area (Å²) in [6, 6.07) is 5.22. The highest BCUT2D eigenvalue weighted by Crippen LogP contribution is 2.51. The lowest BCUT2D eigenvalue weighted by Gasteiger charge is -2.42. The number of aromatic nitrogens is 2. The molecule has 1 aromatic carbocycles. The standard InChI is InChI=1S/C17H19FN4/c18-14-3-1-2-12-13(14)10-17(16(12)19)4-8-22(9-5-17)15-11-20-6-7-21-15/h1-3,6-7,11,16H,4-5,8-10,19H2. The first kappa shape index (κ1) is 13.6. The van der Waals surface area contributed by atoms with Crippen LogP contribution < -0.4 is 10.6 Å². The molecule has 2 aromatic rings. The molecule has 1 unspecified atom stereocenters. The Morgan fingerprint density at radius 3 is 2.73 bits per heavy atom. The van der Waals surface area contributed by atoms with Crippen molar-refractivity contribution in [3.63, 3.8) is 0 Å². The van der Waals surface area contributed by atoms with E-state index in [2.05, 4.69) is 14.9 Å². The van der Waals surface area contributed by atoms with Crippen molar-refractivity contribution in [3.8, 4) is 0 Å². The van der Waals surface area contributed by atoms with Crippen LogP contribution in [-0.2, 0) is 6.42 Å². The van der Waals surface area contributed by atoms with E-state index in [-0.39, 0.29) is 17.3 Å². The van der Waals surface area contributed by atoms with Crippen molar-refractivity contribution in [2.24, 2.45) is 11.1 Å². The van der Waals surface area contributed by atoms with Crippen molar-refractivity contribution in [1.29, 1.82) is 0 Å². The highest BCUT2D eigenvalue weighted by atomic mass is 19.1. The molecule has 2 aliphatic rings. The molecular formula is C17H19FN4. The maximum absolute atomic E-state index is 14.1. The van der Waals surface area contributed by atoms with Crippen LogP contribution in [0, 0.1) is 11.2 Å². The molecule has 0 bridgehead atoms. The van der Waals surface area contributed by atoms with E-state index in [0.717, 1.165) is 49.3 Å². The van der Waals surface area contributed by atoms with Crippen LogP contribution in [0.4, 0.5) is 10.2 Å². The third kappa shape index (κ3) is 2.00. The monoisotopic (exact) mass is 298 g/mol. The molecular weight excluding hydrogens is 279 g/mol. The molecule has 0 saturated carbocycles. The Morgan fingerprint density at radius 1 is 1.23 bits per heavy atom. The molecule has 1 saturated heterocycles. The van der Waals surface area contributed by atoms with Gasteiger partial charge in [-0.15, -0.1) is 0 Å².